The molecule has 0 saturated carbocycles. The lowest BCUT2D eigenvalue weighted by molar-refractivity contribution is 0.0977. The minimum Gasteiger partial charge on any atom is -0.497 e. The third-order valence-corrected chi connectivity index (χ3v) is 4.98. The molecular weight excluding hydrogens is 426 g/mol. The Morgan fingerprint density at radius 3 is 2.31 bits per heavy atom. The molecule has 32 heavy (non-hydrogen) atoms. The minimum atomic E-state index is -0.377. The minimum absolute atomic E-state index is 0.168. The van der Waals surface area contributed by atoms with Gasteiger partial charge in [-0.1, -0.05) is 6.07 Å². The second-order valence-corrected chi connectivity index (χ2v) is 7.49. The van der Waals surface area contributed by atoms with E-state index < -0.39 is 0 Å². The van der Waals surface area contributed by atoms with E-state index in [9.17, 15) is 4.79 Å². The van der Waals surface area contributed by atoms with Gasteiger partial charge in [0.25, 0.3) is 5.91 Å². The Bertz CT molecular complexity index is 1280. The van der Waals surface area contributed by atoms with Gasteiger partial charge in [-0.25, -0.2) is 4.98 Å². The number of ether oxygens (including phenoxy) is 2. The van der Waals surface area contributed by atoms with Gasteiger partial charge in [0.1, 0.15) is 17.0 Å². The first-order valence-corrected chi connectivity index (χ1v) is 10.2. The Balaban J connectivity index is 1.43. The summed E-state index contributed by atoms with van der Waals surface area (Å²) in [5.74, 6) is 1.19. The topological polar surface area (TPSA) is 85.6 Å². The van der Waals surface area contributed by atoms with Crippen LogP contribution in [0.15, 0.2) is 65.1 Å². The van der Waals surface area contributed by atoms with Crippen LogP contribution in [0.3, 0.4) is 0 Å². The zero-order valence-corrected chi connectivity index (χ0v) is 18.6. The molecule has 1 amide bonds. The van der Waals surface area contributed by atoms with Crippen LogP contribution in [0, 0.1) is 6.92 Å². The van der Waals surface area contributed by atoms with Crippen LogP contribution in [0.1, 0.15) is 15.9 Å². The number of methoxy groups -OCH3 is 2. The molecule has 8 heteroatoms. The molecule has 4 aromatic rings. The predicted molar refractivity (Wildman–Crippen MR) is 127 cm³/mol. The highest BCUT2D eigenvalue weighted by Gasteiger charge is 2.12. The summed E-state index contributed by atoms with van der Waals surface area (Å²) >= 11 is 5.28. The van der Waals surface area contributed by atoms with Crippen molar-refractivity contribution in [1.29, 1.82) is 0 Å². The van der Waals surface area contributed by atoms with E-state index in [0.717, 1.165) is 22.2 Å². The van der Waals surface area contributed by atoms with Crippen molar-refractivity contribution in [2.45, 2.75) is 6.92 Å². The van der Waals surface area contributed by atoms with Crippen LogP contribution >= 0.6 is 12.2 Å². The highest BCUT2D eigenvalue weighted by Crippen LogP contribution is 2.26. The Kier molecular flexibility index (Phi) is 6.04. The zero-order valence-electron chi connectivity index (χ0n) is 17.8. The maximum absolute atomic E-state index is 12.6. The van der Waals surface area contributed by atoms with Crippen LogP contribution in [-0.4, -0.2) is 30.2 Å². The van der Waals surface area contributed by atoms with E-state index in [-0.39, 0.29) is 11.0 Å². The number of nitrogens with zero attached hydrogens (tertiary/aromatic N) is 1. The molecule has 0 spiro atoms. The average Bonchev–Trinajstić information content (AvgIpc) is 3.22. The molecule has 0 atom stereocenters. The van der Waals surface area contributed by atoms with Gasteiger partial charge >= 0.3 is 0 Å². The number of thiocarbonyl (C=S) groups is 1. The van der Waals surface area contributed by atoms with E-state index in [0.29, 0.717) is 28.6 Å². The summed E-state index contributed by atoms with van der Waals surface area (Å²) in [5, 5.41) is 5.82. The lowest BCUT2D eigenvalue weighted by Gasteiger charge is -2.11. The normalized spacial score (nSPS) is 10.6. The molecule has 2 N–H and O–H groups in total. The SMILES string of the molecule is COc1cc(OC)cc(C(=O)NC(=S)Nc2ccc(-c3nc4ccc(C)cc4o3)cc2)c1. The summed E-state index contributed by atoms with van der Waals surface area (Å²) in [6.07, 6.45) is 0. The van der Waals surface area contributed by atoms with Crippen LogP contribution in [0.2, 0.25) is 0 Å². The van der Waals surface area contributed by atoms with Crippen molar-refractivity contribution in [1.82, 2.24) is 10.3 Å². The fourth-order valence-corrected chi connectivity index (χ4v) is 3.34. The average molecular weight is 448 g/mol. The number of rotatable bonds is 5. The molecule has 0 aliphatic rings. The van der Waals surface area contributed by atoms with E-state index in [1.807, 2.05) is 49.4 Å². The maximum atomic E-state index is 12.6. The van der Waals surface area contributed by atoms with Crippen LogP contribution < -0.4 is 20.1 Å². The Labute approximate surface area is 190 Å². The molecule has 0 fully saturated rings. The van der Waals surface area contributed by atoms with E-state index in [1.165, 1.54) is 14.2 Å². The molecule has 0 unspecified atom stereocenters. The summed E-state index contributed by atoms with van der Waals surface area (Å²) in [4.78, 5) is 17.1. The van der Waals surface area contributed by atoms with Gasteiger partial charge in [-0.15, -0.1) is 0 Å². The quantitative estimate of drug-likeness (QED) is 0.419. The number of fused-ring (bicyclic) bond motifs is 1. The number of carbonyl (C=O) groups excluding carboxylic acids is 1. The molecular formula is C24H21N3O4S. The third-order valence-electron chi connectivity index (χ3n) is 4.77. The van der Waals surface area contributed by atoms with Gasteiger partial charge in [0, 0.05) is 22.9 Å². The Morgan fingerprint density at radius 2 is 1.66 bits per heavy atom. The number of amides is 1. The largest absolute Gasteiger partial charge is 0.497 e. The van der Waals surface area contributed by atoms with Gasteiger partial charge in [0.15, 0.2) is 10.7 Å². The van der Waals surface area contributed by atoms with Gasteiger partial charge in [0.2, 0.25) is 5.89 Å². The molecule has 3 aromatic carbocycles. The highest BCUT2D eigenvalue weighted by atomic mass is 32.1. The highest BCUT2D eigenvalue weighted by molar-refractivity contribution is 7.80. The maximum Gasteiger partial charge on any atom is 0.257 e. The molecule has 0 bridgehead atoms. The lowest BCUT2D eigenvalue weighted by Crippen LogP contribution is -2.34. The van der Waals surface area contributed by atoms with Crippen LogP contribution in [-0.2, 0) is 0 Å². The molecule has 4 rings (SSSR count). The van der Waals surface area contributed by atoms with Gasteiger partial charge in [0.05, 0.1) is 14.2 Å². The summed E-state index contributed by atoms with van der Waals surface area (Å²) in [7, 11) is 3.04. The summed E-state index contributed by atoms with van der Waals surface area (Å²) in [6.45, 7) is 2.01. The Morgan fingerprint density at radius 1 is 0.969 bits per heavy atom. The first-order valence-electron chi connectivity index (χ1n) is 9.78. The fraction of sp³-hybridized carbons (Fsp3) is 0.125. The fourth-order valence-electron chi connectivity index (χ4n) is 3.13. The number of hydrogen-bond donors (Lipinski definition) is 2. The second-order valence-electron chi connectivity index (χ2n) is 7.08. The number of aryl methyl sites for hydroxylation is 1. The molecule has 7 nitrogen and oxygen atoms in total. The van der Waals surface area contributed by atoms with Crippen LogP contribution in [0.5, 0.6) is 11.5 Å². The number of nitrogens with one attached hydrogen (secondary N) is 2. The van der Waals surface area contributed by atoms with Crippen LogP contribution in [0.25, 0.3) is 22.6 Å². The molecule has 0 aliphatic carbocycles. The van der Waals surface area contributed by atoms with Gasteiger partial charge in [-0.2, -0.15) is 0 Å². The van der Waals surface area contributed by atoms with Crippen LogP contribution in [0.4, 0.5) is 5.69 Å². The van der Waals surface area contributed by atoms with Gasteiger partial charge in [-0.3, -0.25) is 10.1 Å². The van der Waals surface area contributed by atoms with Crippen molar-refractivity contribution >= 4 is 40.0 Å². The molecule has 1 heterocycles. The molecule has 162 valence electrons. The molecule has 0 saturated heterocycles. The lowest BCUT2D eigenvalue weighted by atomic mass is 10.2. The molecule has 1 aromatic heterocycles. The van der Waals surface area contributed by atoms with E-state index in [4.69, 9.17) is 26.1 Å². The van der Waals surface area contributed by atoms with Crippen molar-refractivity contribution in [3.63, 3.8) is 0 Å². The first kappa shape index (κ1) is 21.3. The molecule has 0 radical (unpaired) electrons. The smallest absolute Gasteiger partial charge is 0.257 e. The van der Waals surface area contributed by atoms with Crippen molar-refractivity contribution < 1.29 is 18.7 Å². The van der Waals surface area contributed by atoms with E-state index >= 15 is 0 Å². The van der Waals surface area contributed by atoms with Gasteiger partial charge < -0.3 is 19.2 Å². The first-order chi connectivity index (χ1) is 15.4. The zero-order chi connectivity index (χ0) is 22.7. The number of hydrogen-bond acceptors (Lipinski definition) is 6. The number of carbonyl (C=O) groups is 1. The van der Waals surface area contributed by atoms with Crippen molar-refractivity contribution in [2.75, 3.05) is 19.5 Å². The van der Waals surface area contributed by atoms with E-state index in [1.54, 1.807) is 18.2 Å². The second kappa shape index (κ2) is 9.07. The number of aromatic nitrogens is 1. The van der Waals surface area contributed by atoms with E-state index in [2.05, 4.69) is 15.6 Å². The monoisotopic (exact) mass is 447 g/mol. The van der Waals surface area contributed by atoms with Gasteiger partial charge in [-0.05, 0) is 73.2 Å². The number of benzene rings is 3. The number of oxazole rings is 1. The summed E-state index contributed by atoms with van der Waals surface area (Å²) < 4.78 is 16.3. The van der Waals surface area contributed by atoms with Crippen molar-refractivity contribution in [3.8, 4) is 23.0 Å². The third kappa shape index (κ3) is 4.70. The predicted octanol–water partition coefficient (Wildman–Crippen LogP) is 4.95. The van der Waals surface area contributed by atoms with Crippen molar-refractivity contribution in [2.24, 2.45) is 0 Å². The summed E-state index contributed by atoms with van der Waals surface area (Å²) in [6, 6.07) is 18.2. The summed E-state index contributed by atoms with van der Waals surface area (Å²) in [5.41, 5.74) is 4.60. The number of anilines is 1. The van der Waals surface area contributed by atoms with Crippen molar-refractivity contribution in [3.05, 3.63) is 71.8 Å². The Hall–Kier alpha value is -3.91. The molecule has 0 aliphatic heterocycles. The standard InChI is InChI=1S/C24H21N3O4S/c1-14-4-9-20-21(10-14)31-23(26-20)15-5-7-17(8-6-15)25-24(32)27-22(28)16-11-18(29-2)13-19(12-16)30-3/h4-13H,1-3H3,(H2,25,27,28,32).